The van der Waals surface area contributed by atoms with E-state index in [1.807, 2.05) is 71.9 Å². The average molecular weight is 821 g/mol. The highest BCUT2D eigenvalue weighted by Crippen LogP contribution is 2.24. The summed E-state index contributed by atoms with van der Waals surface area (Å²) in [5.74, 6) is -1.08. The quantitative estimate of drug-likeness (QED) is 0.142. The average Bonchev–Trinajstić information content (AvgIpc) is 2.99. The molecule has 0 radical (unpaired) electrons. The van der Waals surface area contributed by atoms with Crippen LogP contribution in [0.15, 0.2) is 82.7 Å². The van der Waals surface area contributed by atoms with E-state index in [4.69, 9.17) is 0 Å². The third-order valence-corrected chi connectivity index (χ3v) is 8.96. The molecular weight excluding hydrogens is 780 g/mol. The third-order valence-electron chi connectivity index (χ3n) is 8.04. The first kappa shape index (κ1) is 39.1. The second-order valence-electron chi connectivity index (χ2n) is 13.3. The molecule has 2 heterocycles. The fourth-order valence-electron chi connectivity index (χ4n) is 6.12. The predicted octanol–water partition coefficient (Wildman–Crippen LogP) is 7.12. The molecular formula is C39H40Br2N4O6. The number of hydrogen-bond acceptors (Lipinski definition) is 6. The maximum Gasteiger partial charge on any atom is 0.329 e. The Balaban J connectivity index is 0.000000244. The van der Waals surface area contributed by atoms with E-state index >= 15 is 0 Å². The number of aromatic amines is 3. The zero-order valence-electron chi connectivity index (χ0n) is 29.7. The standard InChI is InChI=1S/C23H22Br2N2O3.C16H18N2O3/c1-12(2)19-20(21(28)16-6-13(3)5-14(4)7-16)27(23(30)26-22(19)29)11-15-8-17(24)10-18(25)9-15;1-8(2)12-13(17-16(21)18-15(12)20)14(19)11-6-9(3)5-10(4)7-11/h5-10,12H,11H2,1-4H3,(H,26,29,30);5-8H,1-4H3,(H2,17,18,20,21). The molecule has 12 heteroatoms. The van der Waals surface area contributed by atoms with Gasteiger partial charge in [-0.1, -0.05) is 93.9 Å². The minimum absolute atomic E-state index is 0.0729. The van der Waals surface area contributed by atoms with Gasteiger partial charge in [-0.25, -0.2) is 9.59 Å². The molecule has 266 valence electrons. The van der Waals surface area contributed by atoms with Crippen molar-refractivity contribution in [3.63, 3.8) is 0 Å². The summed E-state index contributed by atoms with van der Waals surface area (Å²) in [5.41, 5.74) is 4.07. The molecule has 3 N–H and O–H groups in total. The second-order valence-corrected chi connectivity index (χ2v) is 15.1. The molecule has 3 aromatic carbocycles. The van der Waals surface area contributed by atoms with Crippen molar-refractivity contribution in [1.29, 1.82) is 0 Å². The number of ketones is 2. The van der Waals surface area contributed by atoms with Crippen molar-refractivity contribution < 1.29 is 9.59 Å². The molecule has 0 amide bonds. The monoisotopic (exact) mass is 818 g/mol. The molecule has 0 aliphatic heterocycles. The van der Waals surface area contributed by atoms with Crippen LogP contribution in [-0.4, -0.2) is 31.1 Å². The Hall–Kier alpha value is -4.68. The Kier molecular flexibility index (Phi) is 12.4. The van der Waals surface area contributed by atoms with E-state index < -0.39 is 22.5 Å². The first-order valence-electron chi connectivity index (χ1n) is 16.3. The molecule has 51 heavy (non-hydrogen) atoms. The number of nitrogens with one attached hydrogen (secondary N) is 3. The van der Waals surface area contributed by atoms with E-state index in [2.05, 4.69) is 46.8 Å². The minimum atomic E-state index is -0.669. The molecule has 0 saturated heterocycles. The number of aryl methyl sites for hydroxylation is 4. The minimum Gasteiger partial charge on any atom is -0.304 e. The van der Waals surface area contributed by atoms with Crippen LogP contribution in [0.3, 0.4) is 0 Å². The van der Waals surface area contributed by atoms with Crippen molar-refractivity contribution in [1.82, 2.24) is 19.5 Å². The summed E-state index contributed by atoms with van der Waals surface area (Å²) in [6.45, 7) is 15.1. The highest BCUT2D eigenvalue weighted by molar-refractivity contribution is 9.11. The largest absolute Gasteiger partial charge is 0.329 e. The summed E-state index contributed by atoms with van der Waals surface area (Å²) >= 11 is 6.90. The smallest absolute Gasteiger partial charge is 0.304 e. The van der Waals surface area contributed by atoms with Gasteiger partial charge < -0.3 is 4.98 Å². The van der Waals surface area contributed by atoms with Crippen LogP contribution in [0, 0.1) is 27.7 Å². The molecule has 5 rings (SSSR count). The maximum atomic E-state index is 13.6. The molecule has 0 fully saturated rings. The van der Waals surface area contributed by atoms with Gasteiger partial charge in [-0.3, -0.25) is 33.7 Å². The number of hydrogen-bond donors (Lipinski definition) is 3. The molecule has 0 saturated carbocycles. The van der Waals surface area contributed by atoms with Crippen LogP contribution in [0.4, 0.5) is 0 Å². The summed E-state index contributed by atoms with van der Waals surface area (Å²) in [7, 11) is 0. The van der Waals surface area contributed by atoms with Crippen molar-refractivity contribution in [3.05, 3.63) is 167 Å². The normalized spacial score (nSPS) is 11.1. The van der Waals surface area contributed by atoms with Crippen LogP contribution >= 0.6 is 31.9 Å². The maximum absolute atomic E-state index is 13.6. The topological polar surface area (TPSA) is 155 Å². The van der Waals surface area contributed by atoms with Gasteiger partial charge in [0.1, 0.15) is 5.69 Å². The molecule has 0 bridgehead atoms. The van der Waals surface area contributed by atoms with Gasteiger partial charge in [0.25, 0.3) is 11.1 Å². The van der Waals surface area contributed by atoms with Crippen LogP contribution in [0.5, 0.6) is 0 Å². The number of benzene rings is 3. The Morgan fingerprint density at radius 1 is 0.608 bits per heavy atom. The number of rotatable bonds is 8. The van der Waals surface area contributed by atoms with E-state index in [-0.39, 0.29) is 41.3 Å². The molecule has 0 aliphatic carbocycles. The van der Waals surface area contributed by atoms with Gasteiger partial charge in [0, 0.05) is 31.2 Å². The molecule has 0 unspecified atom stereocenters. The van der Waals surface area contributed by atoms with Crippen LogP contribution in [0.25, 0.3) is 0 Å². The fraction of sp³-hybridized carbons (Fsp3) is 0.282. The van der Waals surface area contributed by atoms with E-state index in [1.165, 1.54) is 4.57 Å². The molecule has 2 aromatic heterocycles. The van der Waals surface area contributed by atoms with Crippen LogP contribution in [-0.2, 0) is 6.54 Å². The molecule has 0 aliphatic rings. The highest BCUT2D eigenvalue weighted by Gasteiger charge is 2.25. The lowest BCUT2D eigenvalue weighted by molar-refractivity contribution is 0.102. The first-order chi connectivity index (χ1) is 23.9. The predicted molar refractivity (Wildman–Crippen MR) is 207 cm³/mol. The summed E-state index contributed by atoms with van der Waals surface area (Å²) in [6.07, 6.45) is 0. The zero-order chi connectivity index (χ0) is 37.9. The lowest BCUT2D eigenvalue weighted by Gasteiger charge is -2.18. The summed E-state index contributed by atoms with van der Waals surface area (Å²) in [4.78, 5) is 82.2. The Morgan fingerprint density at radius 3 is 1.53 bits per heavy atom. The van der Waals surface area contributed by atoms with E-state index in [0.29, 0.717) is 22.3 Å². The van der Waals surface area contributed by atoms with Crippen molar-refractivity contribution in [2.75, 3.05) is 0 Å². The van der Waals surface area contributed by atoms with E-state index in [1.54, 1.807) is 38.1 Å². The van der Waals surface area contributed by atoms with Crippen molar-refractivity contribution in [2.24, 2.45) is 0 Å². The van der Waals surface area contributed by atoms with Gasteiger partial charge in [0.05, 0.1) is 12.2 Å². The van der Waals surface area contributed by atoms with Gasteiger partial charge >= 0.3 is 11.4 Å². The summed E-state index contributed by atoms with van der Waals surface area (Å²) < 4.78 is 3.05. The molecule has 10 nitrogen and oxygen atoms in total. The van der Waals surface area contributed by atoms with Crippen LogP contribution in [0.1, 0.15) is 111 Å². The summed E-state index contributed by atoms with van der Waals surface area (Å²) in [5, 5.41) is 0. The van der Waals surface area contributed by atoms with Crippen molar-refractivity contribution >= 4 is 43.4 Å². The van der Waals surface area contributed by atoms with E-state index in [9.17, 15) is 28.8 Å². The highest BCUT2D eigenvalue weighted by atomic mass is 79.9. The SMILES string of the molecule is Cc1cc(C)cc(C(=O)c2[nH]c(=O)[nH]c(=O)c2C(C)C)c1.Cc1cc(C)cc(C(=O)c2c(C(C)C)c(=O)[nH]c(=O)n2Cc2cc(Br)cc(Br)c2)c1. The number of carbonyl (C=O) groups is 2. The van der Waals surface area contributed by atoms with Gasteiger partial charge in [-0.2, -0.15) is 0 Å². The third kappa shape index (κ3) is 9.36. The number of halogens is 2. The van der Waals surface area contributed by atoms with Crippen molar-refractivity contribution in [3.8, 4) is 0 Å². The summed E-state index contributed by atoms with van der Waals surface area (Å²) in [6, 6.07) is 16.6. The fourth-order valence-corrected chi connectivity index (χ4v) is 7.51. The van der Waals surface area contributed by atoms with Crippen LogP contribution in [0.2, 0.25) is 0 Å². The van der Waals surface area contributed by atoms with Gasteiger partial charge in [0.15, 0.2) is 0 Å². The van der Waals surface area contributed by atoms with Crippen LogP contribution < -0.4 is 22.5 Å². The molecule has 0 atom stereocenters. The van der Waals surface area contributed by atoms with Gasteiger partial charge in [-0.05, 0) is 87.6 Å². The second kappa shape index (κ2) is 16.1. The zero-order valence-corrected chi connectivity index (χ0v) is 32.9. The number of carbonyl (C=O) groups excluding carboxylic acids is 2. The van der Waals surface area contributed by atoms with Gasteiger partial charge in [-0.15, -0.1) is 0 Å². The van der Waals surface area contributed by atoms with Gasteiger partial charge in [0.2, 0.25) is 11.6 Å². The Labute approximate surface area is 311 Å². The van der Waals surface area contributed by atoms with E-state index in [0.717, 1.165) is 36.8 Å². The lowest BCUT2D eigenvalue weighted by atomic mass is 9.95. The molecule has 5 aromatic rings. The first-order valence-corrected chi connectivity index (χ1v) is 17.9. The Bertz CT molecular complexity index is 2340. The Morgan fingerprint density at radius 2 is 1.06 bits per heavy atom. The molecule has 0 spiro atoms. The number of H-pyrrole nitrogens is 3. The number of nitrogens with zero attached hydrogens (tertiary/aromatic N) is 1. The number of aromatic nitrogens is 4. The van der Waals surface area contributed by atoms with Crippen molar-refractivity contribution in [2.45, 2.75) is 73.8 Å². The lowest BCUT2D eigenvalue weighted by Crippen LogP contribution is -2.38.